The summed E-state index contributed by atoms with van der Waals surface area (Å²) < 4.78 is 9.91. The monoisotopic (exact) mass is 223 g/mol. The molecule has 0 radical (unpaired) electrons. The van der Waals surface area contributed by atoms with Gasteiger partial charge < -0.3 is 9.15 Å². The Bertz CT molecular complexity index is 447. The maximum Gasteiger partial charge on any atom is 0.350 e. The van der Waals surface area contributed by atoms with Gasteiger partial charge in [-0.25, -0.2) is 9.78 Å². The Morgan fingerprint density at radius 3 is 3.13 bits per heavy atom. The SMILES string of the molecule is Cc1ncc(C(=O)OCc2ccoc2)s1. The Labute approximate surface area is 90.5 Å². The standard InChI is InChI=1S/C10H9NO3S/c1-7-11-4-9(15-7)10(12)14-6-8-2-3-13-5-8/h2-5H,6H2,1H3. The number of hydrogen-bond acceptors (Lipinski definition) is 5. The molecule has 0 aliphatic carbocycles. The van der Waals surface area contributed by atoms with Gasteiger partial charge in [0.1, 0.15) is 11.5 Å². The molecule has 2 aromatic rings. The van der Waals surface area contributed by atoms with Crippen LogP contribution in [-0.2, 0) is 11.3 Å². The quantitative estimate of drug-likeness (QED) is 0.750. The molecule has 0 spiro atoms. The molecule has 2 heterocycles. The number of thiazole rings is 1. The minimum absolute atomic E-state index is 0.228. The van der Waals surface area contributed by atoms with E-state index in [1.807, 2.05) is 6.92 Å². The minimum atomic E-state index is -0.346. The Balaban J connectivity index is 1.93. The number of carbonyl (C=O) groups excluding carboxylic acids is 1. The van der Waals surface area contributed by atoms with E-state index in [9.17, 15) is 4.79 Å². The van der Waals surface area contributed by atoms with Gasteiger partial charge in [-0.1, -0.05) is 0 Å². The molecule has 0 N–H and O–H groups in total. The number of esters is 1. The van der Waals surface area contributed by atoms with Crippen LogP contribution < -0.4 is 0 Å². The maximum atomic E-state index is 11.5. The van der Waals surface area contributed by atoms with E-state index in [1.165, 1.54) is 17.5 Å². The van der Waals surface area contributed by atoms with Gasteiger partial charge >= 0.3 is 5.97 Å². The molecule has 0 amide bonds. The van der Waals surface area contributed by atoms with Crippen LogP contribution in [0, 0.1) is 6.92 Å². The van der Waals surface area contributed by atoms with Crippen LogP contribution in [0.2, 0.25) is 0 Å². The second kappa shape index (κ2) is 4.27. The highest BCUT2D eigenvalue weighted by Crippen LogP contribution is 2.13. The largest absolute Gasteiger partial charge is 0.472 e. The van der Waals surface area contributed by atoms with E-state index in [4.69, 9.17) is 9.15 Å². The molecule has 78 valence electrons. The summed E-state index contributed by atoms with van der Waals surface area (Å²) >= 11 is 1.32. The van der Waals surface area contributed by atoms with Gasteiger partial charge in [-0.2, -0.15) is 0 Å². The normalized spacial score (nSPS) is 10.2. The fourth-order valence-corrected chi connectivity index (χ4v) is 1.72. The summed E-state index contributed by atoms with van der Waals surface area (Å²) in [6.07, 6.45) is 4.61. The molecule has 0 aliphatic rings. The first-order chi connectivity index (χ1) is 7.25. The number of carbonyl (C=O) groups is 1. The van der Waals surface area contributed by atoms with Gasteiger partial charge in [0.25, 0.3) is 0 Å². The van der Waals surface area contributed by atoms with E-state index >= 15 is 0 Å². The van der Waals surface area contributed by atoms with Crippen LogP contribution in [0.15, 0.2) is 29.2 Å². The Morgan fingerprint density at radius 2 is 2.53 bits per heavy atom. The first-order valence-electron chi connectivity index (χ1n) is 4.36. The first-order valence-corrected chi connectivity index (χ1v) is 5.18. The zero-order valence-corrected chi connectivity index (χ0v) is 8.91. The highest BCUT2D eigenvalue weighted by molar-refractivity contribution is 7.13. The van der Waals surface area contributed by atoms with Gasteiger partial charge in [-0.05, 0) is 13.0 Å². The highest BCUT2D eigenvalue weighted by atomic mass is 32.1. The summed E-state index contributed by atoms with van der Waals surface area (Å²) in [4.78, 5) is 16.0. The fraction of sp³-hybridized carbons (Fsp3) is 0.200. The summed E-state index contributed by atoms with van der Waals surface area (Å²) in [5, 5.41) is 0.852. The van der Waals surface area contributed by atoms with E-state index in [0.717, 1.165) is 10.6 Å². The second-order valence-electron chi connectivity index (χ2n) is 2.95. The lowest BCUT2D eigenvalue weighted by atomic mass is 10.4. The summed E-state index contributed by atoms with van der Waals surface area (Å²) in [5.74, 6) is -0.346. The number of hydrogen-bond donors (Lipinski definition) is 0. The van der Waals surface area contributed by atoms with Crippen LogP contribution >= 0.6 is 11.3 Å². The molecule has 2 aromatic heterocycles. The Morgan fingerprint density at radius 1 is 1.67 bits per heavy atom. The molecule has 0 aromatic carbocycles. The second-order valence-corrected chi connectivity index (χ2v) is 4.19. The predicted molar refractivity (Wildman–Crippen MR) is 54.7 cm³/mol. The van der Waals surface area contributed by atoms with Crippen LogP contribution in [-0.4, -0.2) is 11.0 Å². The number of rotatable bonds is 3. The average Bonchev–Trinajstić information content (AvgIpc) is 2.84. The highest BCUT2D eigenvalue weighted by Gasteiger charge is 2.10. The zero-order valence-electron chi connectivity index (χ0n) is 8.10. The molecule has 2 rings (SSSR count). The average molecular weight is 223 g/mol. The van der Waals surface area contributed by atoms with Crippen molar-refractivity contribution in [2.45, 2.75) is 13.5 Å². The molecule has 5 heteroatoms. The first kappa shape index (κ1) is 9.92. The van der Waals surface area contributed by atoms with Crippen molar-refractivity contribution in [1.82, 2.24) is 4.98 Å². The zero-order chi connectivity index (χ0) is 10.7. The van der Waals surface area contributed by atoms with Crippen LogP contribution in [0.3, 0.4) is 0 Å². The Hall–Kier alpha value is -1.62. The van der Waals surface area contributed by atoms with E-state index in [2.05, 4.69) is 4.98 Å². The van der Waals surface area contributed by atoms with Gasteiger partial charge in [0.2, 0.25) is 0 Å². The molecule has 0 saturated carbocycles. The lowest BCUT2D eigenvalue weighted by Crippen LogP contribution is -2.02. The van der Waals surface area contributed by atoms with Crippen molar-refractivity contribution in [3.05, 3.63) is 40.2 Å². The lowest BCUT2D eigenvalue weighted by Gasteiger charge is -1.99. The van der Waals surface area contributed by atoms with E-state index in [0.29, 0.717) is 4.88 Å². The van der Waals surface area contributed by atoms with Crippen molar-refractivity contribution >= 4 is 17.3 Å². The third-order valence-corrected chi connectivity index (χ3v) is 2.67. The van der Waals surface area contributed by atoms with Gasteiger partial charge in [0.15, 0.2) is 0 Å². The number of furan rings is 1. The molecular weight excluding hydrogens is 214 g/mol. The number of aromatic nitrogens is 1. The van der Waals surface area contributed by atoms with Gasteiger partial charge in [0.05, 0.1) is 23.7 Å². The molecule has 0 unspecified atom stereocenters. The van der Waals surface area contributed by atoms with Crippen LogP contribution in [0.5, 0.6) is 0 Å². The summed E-state index contributed by atoms with van der Waals surface area (Å²) in [6, 6.07) is 1.76. The van der Waals surface area contributed by atoms with E-state index < -0.39 is 0 Å². The van der Waals surface area contributed by atoms with Crippen molar-refractivity contribution in [3.8, 4) is 0 Å². The van der Waals surface area contributed by atoms with Crippen molar-refractivity contribution in [1.29, 1.82) is 0 Å². The molecule has 0 atom stereocenters. The van der Waals surface area contributed by atoms with Gasteiger partial charge in [-0.15, -0.1) is 11.3 Å². The molecule has 0 saturated heterocycles. The molecule has 0 bridgehead atoms. The molecule has 0 aliphatic heterocycles. The van der Waals surface area contributed by atoms with Crippen molar-refractivity contribution < 1.29 is 13.9 Å². The number of nitrogens with zero attached hydrogens (tertiary/aromatic N) is 1. The van der Waals surface area contributed by atoms with Gasteiger partial charge in [0, 0.05) is 5.56 Å². The van der Waals surface area contributed by atoms with Crippen molar-refractivity contribution in [2.24, 2.45) is 0 Å². The maximum absolute atomic E-state index is 11.5. The summed E-state index contributed by atoms with van der Waals surface area (Å²) in [5.41, 5.74) is 0.838. The molecular formula is C10H9NO3S. The predicted octanol–water partition coefficient (Wildman–Crippen LogP) is 2.40. The van der Waals surface area contributed by atoms with Crippen molar-refractivity contribution in [2.75, 3.05) is 0 Å². The molecule has 15 heavy (non-hydrogen) atoms. The third-order valence-electron chi connectivity index (χ3n) is 1.77. The third kappa shape index (κ3) is 2.44. The number of ether oxygens (including phenoxy) is 1. The van der Waals surface area contributed by atoms with Crippen LogP contribution in [0.1, 0.15) is 20.2 Å². The molecule has 4 nitrogen and oxygen atoms in total. The topological polar surface area (TPSA) is 52.3 Å². The summed E-state index contributed by atoms with van der Waals surface area (Å²) in [6.45, 7) is 2.07. The number of aryl methyl sites for hydroxylation is 1. The minimum Gasteiger partial charge on any atom is -0.472 e. The molecule has 0 fully saturated rings. The van der Waals surface area contributed by atoms with Gasteiger partial charge in [-0.3, -0.25) is 0 Å². The fourth-order valence-electron chi connectivity index (χ4n) is 1.05. The Kier molecular flexibility index (Phi) is 2.82. The lowest BCUT2D eigenvalue weighted by molar-refractivity contribution is 0.0477. The summed E-state index contributed by atoms with van der Waals surface area (Å²) in [7, 11) is 0. The van der Waals surface area contributed by atoms with Crippen LogP contribution in [0.25, 0.3) is 0 Å². The van der Waals surface area contributed by atoms with Crippen LogP contribution in [0.4, 0.5) is 0 Å². The van der Waals surface area contributed by atoms with Crippen molar-refractivity contribution in [3.63, 3.8) is 0 Å². The van der Waals surface area contributed by atoms with E-state index in [-0.39, 0.29) is 12.6 Å². The smallest absolute Gasteiger partial charge is 0.350 e. The van der Waals surface area contributed by atoms with E-state index in [1.54, 1.807) is 18.6 Å².